The van der Waals surface area contributed by atoms with Crippen LogP contribution in [0.25, 0.3) is 0 Å². The van der Waals surface area contributed by atoms with E-state index in [1.807, 2.05) is 0 Å². The summed E-state index contributed by atoms with van der Waals surface area (Å²) in [4.78, 5) is 10.5. The van der Waals surface area contributed by atoms with Gasteiger partial charge in [-0.3, -0.25) is 4.79 Å². The topological polar surface area (TPSA) is 92.5 Å². The molecule has 0 radical (unpaired) electrons. The fraction of sp³-hybridized carbons (Fsp3) is 0.462. The number of benzene rings is 1. The van der Waals surface area contributed by atoms with Gasteiger partial charge in [0.2, 0.25) is 15.9 Å². The molecule has 122 valence electrons. The Bertz CT molecular complexity index is 696. The normalized spacial score (nSPS) is 19.4. The molecule has 0 bridgehead atoms. The summed E-state index contributed by atoms with van der Waals surface area (Å²) in [6.45, 7) is 2.20. The van der Waals surface area contributed by atoms with E-state index in [1.54, 1.807) is 0 Å². The number of halogens is 2. The van der Waals surface area contributed by atoms with E-state index in [0.29, 0.717) is 19.5 Å². The predicted octanol–water partition coefficient (Wildman–Crippen LogP) is 1.41. The van der Waals surface area contributed by atoms with E-state index in [0.717, 1.165) is 12.1 Å². The van der Waals surface area contributed by atoms with Gasteiger partial charge < -0.3 is 11.1 Å². The number of carbonyl (C=O) groups is 1. The van der Waals surface area contributed by atoms with Gasteiger partial charge in [0.1, 0.15) is 10.7 Å². The smallest absolute Gasteiger partial charge is 0.246 e. The van der Waals surface area contributed by atoms with Crippen LogP contribution in [0.15, 0.2) is 17.0 Å². The lowest BCUT2D eigenvalue weighted by Gasteiger charge is -2.18. The van der Waals surface area contributed by atoms with Gasteiger partial charge in [-0.15, -0.1) is 0 Å². The number of hydrogen-bond donors (Lipinski definition) is 2. The Labute approximate surface area is 133 Å². The third-order valence-corrected chi connectivity index (χ3v) is 5.72. The largest absolute Gasteiger partial charge is 0.330 e. The summed E-state index contributed by atoms with van der Waals surface area (Å²) >= 11 is 5.93. The van der Waals surface area contributed by atoms with Crippen LogP contribution in [-0.4, -0.2) is 38.3 Å². The van der Waals surface area contributed by atoms with Gasteiger partial charge in [0, 0.05) is 26.1 Å². The minimum atomic E-state index is -3.97. The second-order valence-electron chi connectivity index (χ2n) is 5.20. The summed E-state index contributed by atoms with van der Waals surface area (Å²) in [5.74, 6) is -1.31. The molecule has 0 saturated carbocycles. The van der Waals surface area contributed by atoms with Crippen molar-refractivity contribution in [3.8, 4) is 0 Å². The van der Waals surface area contributed by atoms with Crippen molar-refractivity contribution in [1.82, 2.24) is 4.31 Å². The number of rotatable bonds is 4. The Morgan fingerprint density at radius 1 is 1.55 bits per heavy atom. The maximum absolute atomic E-state index is 14.2. The summed E-state index contributed by atoms with van der Waals surface area (Å²) < 4.78 is 40.4. The number of amides is 1. The van der Waals surface area contributed by atoms with E-state index >= 15 is 0 Å². The number of sulfonamides is 1. The number of nitrogens with two attached hydrogens (primary N) is 1. The van der Waals surface area contributed by atoms with Gasteiger partial charge in [0.05, 0.1) is 10.7 Å². The number of nitrogens with one attached hydrogen (secondary N) is 1. The second-order valence-corrected chi connectivity index (χ2v) is 7.51. The van der Waals surface area contributed by atoms with Crippen LogP contribution in [0.5, 0.6) is 0 Å². The molecule has 0 spiro atoms. The van der Waals surface area contributed by atoms with Gasteiger partial charge in [0.15, 0.2) is 0 Å². The van der Waals surface area contributed by atoms with Crippen LogP contribution in [0.2, 0.25) is 5.02 Å². The van der Waals surface area contributed by atoms with Crippen molar-refractivity contribution >= 4 is 33.2 Å². The molecule has 1 aliphatic heterocycles. The van der Waals surface area contributed by atoms with Gasteiger partial charge in [-0.1, -0.05) is 11.6 Å². The van der Waals surface area contributed by atoms with Gasteiger partial charge >= 0.3 is 0 Å². The molecule has 0 aromatic heterocycles. The van der Waals surface area contributed by atoms with Crippen LogP contribution in [0.1, 0.15) is 13.3 Å². The first-order chi connectivity index (χ1) is 10.3. The summed E-state index contributed by atoms with van der Waals surface area (Å²) in [7, 11) is -3.97. The highest BCUT2D eigenvalue weighted by atomic mass is 35.5. The number of hydrogen-bond acceptors (Lipinski definition) is 4. The fourth-order valence-corrected chi connectivity index (χ4v) is 4.24. The lowest BCUT2D eigenvalue weighted by atomic mass is 10.1. The van der Waals surface area contributed by atoms with E-state index in [1.165, 1.54) is 11.2 Å². The first kappa shape index (κ1) is 17.1. The standard InChI is InChI=1S/C13H17ClFN3O3S/c1-8(19)17-12-5-11(15)13(4-10(12)14)22(20,21)18-3-2-9(6-16)7-18/h4-5,9H,2-3,6-7,16H2,1H3,(H,17,19). The molecular formula is C13H17ClFN3O3S. The molecule has 0 aliphatic carbocycles. The maximum Gasteiger partial charge on any atom is 0.246 e. The van der Waals surface area contributed by atoms with Crippen molar-refractivity contribution in [2.45, 2.75) is 18.2 Å². The van der Waals surface area contributed by atoms with Crippen LogP contribution in [0, 0.1) is 11.7 Å². The molecule has 1 amide bonds. The highest BCUT2D eigenvalue weighted by molar-refractivity contribution is 7.89. The molecule has 2 rings (SSSR count). The molecule has 6 nitrogen and oxygen atoms in total. The van der Waals surface area contributed by atoms with E-state index in [9.17, 15) is 17.6 Å². The van der Waals surface area contributed by atoms with Crippen LogP contribution < -0.4 is 11.1 Å². The Hall–Kier alpha value is -1.22. The first-order valence-electron chi connectivity index (χ1n) is 6.72. The van der Waals surface area contributed by atoms with Crippen molar-refractivity contribution in [2.24, 2.45) is 11.7 Å². The van der Waals surface area contributed by atoms with Crippen LogP contribution in [0.3, 0.4) is 0 Å². The van der Waals surface area contributed by atoms with Crippen molar-refractivity contribution in [3.05, 3.63) is 23.0 Å². The molecule has 1 aromatic rings. The molecular weight excluding hydrogens is 333 g/mol. The lowest BCUT2D eigenvalue weighted by molar-refractivity contribution is -0.114. The van der Waals surface area contributed by atoms with Crippen molar-refractivity contribution in [1.29, 1.82) is 0 Å². The van der Waals surface area contributed by atoms with E-state index < -0.39 is 26.6 Å². The number of anilines is 1. The molecule has 1 atom stereocenters. The fourth-order valence-electron chi connectivity index (χ4n) is 2.36. The molecule has 9 heteroatoms. The van der Waals surface area contributed by atoms with Crippen LogP contribution >= 0.6 is 11.6 Å². The quantitative estimate of drug-likeness (QED) is 0.859. The van der Waals surface area contributed by atoms with Gasteiger partial charge in [-0.05, 0) is 24.9 Å². The summed E-state index contributed by atoms with van der Waals surface area (Å²) in [6, 6.07) is 1.93. The van der Waals surface area contributed by atoms with E-state index in [4.69, 9.17) is 17.3 Å². The van der Waals surface area contributed by atoms with Gasteiger partial charge in [-0.2, -0.15) is 4.31 Å². The molecule has 1 unspecified atom stereocenters. The summed E-state index contributed by atoms with van der Waals surface area (Å²) in [5.41, 5.74) is 5.58. The zero-order valence-electron chi connectivity index (χ0n) is 12.0. The third-order valence-electron chi connectivity index (χ3n) is 3.53. The first-order valence-corrected chi connectivity index (χ1v) is 8.54. The summed E-state index contributed by atoms with van der Waals surface area (Å²) in [6.07, 6.45) is 0.648. The molecule has 1 aromatic carbocycles. The highest BCUT2D eigenvalue weighted by Crippen LogP contribution is 2.31. The van der Waals surface area contributed by atoms with Crippen molar-refractivity contribution in [3.63, 3.8) is 0 Å². The molecule has 3 N–H and O–H groups in total. The molecule has 1 saturated heterocycles. The van der Waals surface area contributed by atoms with Gasteiger partial charge in [0.25, 0.3) is 0 Å². The second kappa shape index (κ2) is 6.49. The molecule has 1 aliphatic rings. The van der Waals surface area contributed by atoms with E-state index in [-0.39, 0.29) is 23.2 Å². The minimum Gasteiger partial charge on any atom is -0.330 e. The highest BCUT2D eigenvalue weighted by Gasteiger charge is 2.34. The Kier molecular flexibility index (Phi) is 5.06. The Morgan fingerprint density at radius 3 is 2.77 bits per heavy atom. The zero-order chi connectivity index (χ0) is 16.5. The van der Waals surface area contributed by atoms with Crippen LogP contribution in [0.4, 0.5) is 10.1 Å². The van der Waals surface area contributed by atoms with Crippen LogP contribution in [-0.2, 0) is 14.8 Å². The average Bonchev–Trinajstić information content (AvgIpc) is 2.91. The number of carbonyl (C=O) groups excluding carboxylic acids is 1. The Balaban J connectivity index is 2.36. The lowest BCUT2D eigenvalue weighted by Crippen LogP contribution is -2.30. The zero-order valence-corrected chi connectivity index (χ0v) is 13.5. The molecule has 22 heavy (non-hydrogen) atoms. The molecule has 1 heterocycles. The van der Waals surface area contributed by atoms with E-state index in [2.05, 4.69) is 5.32 Å². The van der Waals surface area contributed by atoms with Crippen molar-refractivity contribution < 1.29 is 17.6 Å². The predicted molar refractivity (Wildman–Crippen MR) is 81.6 cm³/mol. The Morgan fingerprint density at radius 2 is 2.23 bits per heavy atom. The number of nitrogens with zero attached hydrogens (tertiary/aromatic N) is 1. The molecule has 1 fully saturated rings. The summed E-state index contributed by atoms with van der Waals surface area (Å²) in [5, 5.41) is 2.31. The maximum atomic E-state index is 14.2. The third kappa shape index (κ3) is 3.40. The van der Waals surface area contributed by atoms with Crippen molar-refractivity contribution in [2.75, 3.05) is 25.0 Å². The van der Waals surface area contributed by atoms with Gasteiger partial charge in [-0.25, -0.2) is 12.8 Å². The average molecular weight is 350 g/mol. The monoisotopic (exact) mass is 349 g/mol. The SMILES string of the molecule is CC(=O)Nc1cc(F)c(S(=O)(=O)N2CCC(CN)C2)cc1Cl. The minimum absolute atomic E-state index is 0.0341.